The number of aromatic nitrogens is 2. The Hall–Kier alpha value is -2.21. The largest absolute Gasteiger partial charge is 0.409 e. The number of H-pyrrole nitrogens is 1. The van der Waals surface area contributed by atoms with Gasteiger partial charge in [0.05, 0.1) is 19.8 Å². The molecule has 5 N–H and O–H groups in total. The molecule has 2 aromatic rings. The zero-order valence-corrected chi connectivity index (χ0v) is 15.4. The van der Waals surface area contributed by atoms with Crippen molar-refractivity contribution in [1.29, 1.82) is 0 Å². The number of ether oxygens (including phenoxy) is 2. The van der Waals surface area contributed by atoms with Crippen LogP contribution in [0.4, 0.5) is 0 Å². The normalized spacial score (nSPS) is 25.4. The molecular weight excluding hydrogens is 394 g/mol. The van der Waals surface area contributed by atoms with E-state index in [1.165, 1.54) is 6.20 Å². The zero-order chi connectivity index (χ0) is 20.3. The third-order valence-corrected chi connectivity index (χ3v) is 4.79. The summed E-state index contributed by atoms with van der Waals surface area (Å²) in [5, 5.41) is 41.9. The summed E-state index contributed by atoms with van der Waals surface area (Å²) in [6.45, 7) is -0.390. The number of aromatic amines is 1. The number of nitrogens with zero attached hydrogens (tertiary/aromatic N) is 2. The van der Waals surface area contributed by atoms with E-state index in [9.17, 15) is 20.1 Å². The summed E-state index contributed by atoms with van der Waals surface area (Å²) in [4.78, 5) is 14.6. The van der Waals surface area contributed by atoms with Gasteiger partial charge in [-0.1, -0.05) is 35.0 Å². The fourth-order valence-corrected chi connectivity index (χ4v) is 3.10. The molecule has 10 nitrogen and oxygen atoms in total. The van der Waals surface area contributed by atoms with Crippen LogP contribution in [0, 0.1) is 0 Å². The van der Waals surface area contributed by atoms with Crippen molar-refractivity contribution in [3.05, 3.63) is 62.6 Å². The number of nitrogens with one attached hydrogen (secondary N) is 1. The highest BCUT2D eigenvalue weighted by Gasteiger charge is 2.43. The highest BCUT2D eigenvalue weighted by molar-refractivity contribution is 6.31. The Kier molecular flexibility index (Phi) is 6.50. The minimum atomic E-state index is -1.43. The summed E-state index contributed by atoms with van der Waals surface area (Å²) in [5.41, 5.74) is 0.198. The Morgan fingerprint density at radius 2 is 1.93 bits per heavy atom. The first-order valence-electron chi connectivity index (χ1n) is 8.42. The predicted molar refractivity (Wildman–Crippen MR) is 95.4 cm³/mol. The highest BCUT2D eigenvalue weighted by Crippen LogP contribution is 2.28. The molecule has 2 unspecified atom stereocenters. The van der Waals surface area contributed by atoms with Gasteiger partial charge in [0.2, 0.25) is 0 Å². The summed E-state index contributed by atoms with van der Waals surface area (Å²) < 4.78 is 12.0. The third kappa shape index (κ3) is 4.12. The molecule has 0 spiro atoms. The predicted octanol–water partition coefficient (Wildman–Crippen LogP) is -0.552. The molecule has 28 heavy (non-hydrogen) atoms. The number of rotatable bonds is 6. The lowest BCUT2D eigenvalue weighted by molar-refractivity contribution is -0.0553. The standard InChI is InChI=1S/C17H20ClN3O7/c18-11-4-2-1-3-9(11)7-27-8-10-5-21(17(25)19-15(10)20-26)16-14(24)13(23)12(6-22)28-16/h1-5,12-14,16,22-24,26H,6-8H2,(H,19,20,25)/t12-,13?,14?,16-/m1/s1. The van der Waals surface area contributed by atoms with Crippen molar-refractivity contribution >= 4 is 11.6 Å². The highest BCUT2D eigenvalue weighted by atomic mass is 35.5. The molecule has 0 bridgehead atoms. The first-order chi connectivity index (χ1) is 13.5. The van der Waals surface area contributed by atoms with Crippen molar-refractivity contribution < 1.29 is 30.0 Å². The van der Waals surface area contributed by atoms with Crippen LogP contribution in [0.3, 0.4) is 0 Å². The van der Waals surface area contributed by atoms with Gasteiger partial charge in [0.1, 0.15) is 18.3 Å². The van der Waals surface area contributed by atoms with Crippen molar-refractivity contribution in [2.75, 3.05) is 6.61 Å². The van der Waals surface area contributed by atoms with E-state index in [0.717, 1.165) is 10.1 Å². The molecule has 11 heteroatoms. The van der Waals surface area contributed by atoms with E-state index in [0.29, 0.717) is 10.6 Å². The molecule has 0 amide bonds. The molecule has 4 atom stereocenters. The van der Waals surface area contributed by atoms with Crippen LogP contribution in [0.15, 0.2) is 40.4 Å². The average Bonchev–Trinajstić information content (AvgIpc) is 2.98. The van der Waals surface area contributed by atoms with Crippen LogP contribution >= 0.6 is 11.6 Å². The maximum atomic E-state index is 12.3. The van der Waals surface area contributed by atoms with Crippen molar-refractivity contribution in [2.45, 2.75) is 37.8 Å². The number of aliphatic hydroxyl groups excluding tert-OH is 3. The van der Waals surface area contributed by atoms with Crippen LogP contribution in [0.5, 0.6) is 0 Å². The Labute approximate surface area is 163 Å². The van der Waals surface area contributed by atoms with Gasteiger partial charge in [0.15, 0.2) is 11.7 Å². The van der Waals surface area contributed by atoms with Crippen molar-refractivity contribution in [2.24, 2.45) is 5.16 Å². The summed E-state index contributed by atoms with van der Waals surface area (Å²) >= 11 is 6.08. The summed E-state index contributed by atoms with van der Waals surface area (Å²) in [5.74, 6) is 0. The molecule has 1 aliphatic heterocycles. The van der Waals surface area contributed by atoms with E-state index in [-0.39, 0.29) is 18.7 Å². The fourth-order valence-electron chi connectivity index (χ4n) is 2.91. The van der Waals surface area contributed by atoms with Gasteiger partial charge >= 0.3 is 5.69 Å². The van der Waals surface area contributed by atoms with Crippen LogP contribution in [0.2, 0.25) is 5.02 Å². The molecule has 2 heterocycles. The number of hydrogen-bond acceptors (Lipinski definition) is 8. The fraction of sp³-hybridized carbons (Fsp3) is 0.412. The van der Waals surface area contributed by atoms with Gasteiger partial charge in [-0.05, 0) is 11.6 Å². The topological polar surface area (TPSA) is 150 Å². The second-order valence-electron chi connectivity index (χ2n) is 6.25. The van der Waals surface area contributed by atoms with E-state index < -0.39 is 36.8 Å². The average molecular weight is 414 g/mol. The minimum absolute atomic E-state index is 0.0454. The molecular formula is C17H20ClN3O7. The molecule has 1 fully saturated rings. The molecule has 0 aliphatic carbocycles. The molecule has 152 valence electrons. The summed E-state index contributed by atoms with van der Waals surface area (Å²) in [6, 6.07) is 7.13. The van der Waals surface area contributed by atoms with E-state index in [1.807, 2.05) is 6.07 Å². The SMILES string of the molecule is O=c1[nH]/c(=N/O)c(COCc2ccccc2Cl)cn1[C@@H]1O[C@H](CO)C(O)C1O. The number of hydrogen-bond donors (Lipinski definition) is 5. The number of halogens is 1. The first kappa shape index (κ1) is 20.5. The van der Waals surface area contributed by atoms with Gasteiger partial charge in [0.25, 0.3) is 0 Å². The maximum absolute atomic E-state index is 12.3. The second kappa shape index (κ2) is 8.86. The molecule has 0 radical (unpaired) electrons. The van der Waals surface area contributed by atoms with Crippen molar-refractivity contribution in [1.82, 2.24) is 9.55 Å². The van der Waals surface area contributed by atoms with Crippen LogP contribution in [-0.2, 0) is 22.7 Å². The first-order valence-corrected chi connectivity index (χ1v) is 8.80. The van der Waals surface area contributed by atoms with Gasteiger partial charge < -0.3 is 30.0 Å². The summed E-state index contributed by atoms with van der Waals surface area (Å²) in [7, 11) is 0. The Morgan fingerprint density at radius 1 is 1.21 bits per heavy atom. The van der Waals surface area contributed by atoms with Crippen LogP contribution < -0.4 is 11.2 Å². The smallest absolute Gasteiger partial charge is 0.329 e. The lowest BCUT2D eigenvalue weighted by Crippen LogP contribution is -2.39. The maximum Gasteiger partial charge on any atom is 0.329 e. The van der Waals surface area contributed by atoms with Gasteiger partial charge in [-0.3, -0.25) is 9.55 Å². The van der Waals surface area contributed by atoms with Crippen molar-refractivity contribution in [3.8, 4) is 0 Å². The van der Waals surface area contributed by atoms with Crippen molar-refractivity contribution in [3.63, 3.8) is 0 Å². The summed E-state index contributed by atoms with van der Waals surface area (Å²) in [6.07, 6.45) is -3.76. The van der Waals surface area contributed by atoms with Gasteiger partial charge in [0, 0.05) is 16.8 Å². The lowest BCUT2D eigenvalue weighted by atomic mass is 10.1. The minimum Gasteiger partial charge on any atom is -0.409 e. The molecule has 1 aliphatic rings. The Balaban J connectivity index is 1.83. The van der Waals surface area contributed by atoms with Gasteiger partial charge in [-0.2, -0.15) is 0 Å². The second-order valence-corrected chi connectivity index (χ2v) is 6.66. The van der Waals surface area contributed by atoms with Gasteiger partial charge in [-0.15, -0.1) is 0 Å². The zero-order valence-electron chi connectivity index (χ0n) is 14.6. The molecule has 3 rings (SSSR count). The lowest BCUT2D eigenvalue weighted by Gasteiger charge is -2.18. The quantitative estimate of drug-likeness (QED) is 0.315. The Bertz CT molecular complexity index is 945. The van der Waals surface area contributed by atoms with Crippen LogP contribution in [0.1, 0.15) is 17.4 Å². The van der Waals surface area contributed by atoms with E-state index in [4.69, 9.17) is 26.3 Å². The molecule has 1 saturated heterocycles. The monoisotopic (exact) mass is 413 g/mol. The third-order valence-electron chi connectivity index (χ3n) is 4.42. The van der Waals surface area contributed by atoms with Crippen LogP contribution in [0.25, 0.3) is 0 Å². The number of benzene rings is 1. The van der Waals surface area contributed by atoms with E-state index in [1.54, 1.807) is 18.2 Å². The molecule has 1 aromatic heterocycles. The Morgan fingerprint density at radius 3 is 2.57 bits per heavy atom. The van der Waals surface area contributed by atoms with E-state index >= 15 is 0 Å². The van der Waals surface area contributed by atoms with E-state index in [2.05, 4.69) is 10.1 Å². The molecule has 1 aromatic carbocycles. The molecule has 0 saturated carbocycles. The van der Waals surface area contributed by atoms with Gasteiger partial charge in [-0.25, -0.2) is 4.79 Å². The van der Waals surface area contributed by atoms with Crippen LogP contribution in [-0.4, -0.2) is 55.0 Å². The number of aliphatic hydroxyl groups is 3.